The van der Waals surface area contributed by atoms with Crippen molar-refractivity contribution in [3.05, 3.63) is 29.3 Å². The Hall–Kier alpha value is -1.80. The normalized spacial score (nSPS) is 20.2. The number of amides is 2. The Morgan fingerprint density at radius 3 is 2.56 bits per heavy atom. The molecule has 0 heterocycles. The molecule has 2 atom stereocenters. The van der Waals surface area contributed by atoms with Gasteiger partial charge in [-0.3, -0.25) is 9.59 Å². The second kappa shape index (κ2) is 9.41. The van der Waals surface area contributed by atoms with Crippen molar-refractivity contribution in [3.8, 4) is 0 Å². The third-order valence-electron chi connectivity index (χ3n) is 4.66. The summed E-state index contributed by atoms with van der Waals surface area (Å²) >= 11 is 5.96. The molecule has 1 saturated carbocycles. The molecule has 0 bridgehead atoms. The number of likely N-dealkylation sites (N-methyl/N-ethyl adjacent to an activating group) is 1. The number of rotatable bonds is 6. The first-order valence-electron chi connectivity index (χ1n) is 8.77. The zero-order chi connectivity index (χ0) is 20.0. The van der Waals surface area contributed by atoms with E-state index in [0.29, 0.717) is 30.0 Å². The van der Waals surface area contributed by atoms with E-state index in [0.717, 1.165) is 0 Å². The highest BCUT2D eigenvalue weighted by atomic mass is 35.5. The highest BCUT2D eigenvalue weighted by molar-refractivity contribution is 6.33. The summed E-state index contributed by atoms with van der Waals surface area (Å²) in [6.07, 6.45) is -2.57. The SMILES string of the molecule is CN(CC(=O)Nc1ccccc1Cl)C(=O)CN[C@@H]1CCCC[C@@H]1C(F)(F)F. The van der Waals surface area contributed by atoms with Gasteiger partial charge in [0, 0.05) is 13.1 Å². The first-order valence-corrected chi connectivity index (χ1v) is 9.14. The monoisotopic (exact) mass is 405 g/mol. The highest BCUT2D eigenvalue weighted by Crippen LogP contribution is 2.37. The number of hydrogen-bond donors (Lipinski definition) is 2. The van der Waals surface area contributed by atoms with Crippen LogP contribution in [0, 0.1) is 5.92 Å². The maximum Gasteiger partial charge on any atom is 0.393 e. The van der Waals surface area contributed by atoms with Gasteiger partial charge >= 0.3 is 6.18 Å². The van der Waals surface area contributed by atoms with Gasteiger partial charge in [-0.15, -0.1) is 0 Å². The Labute approximate surface area is 161 Å². The van der Waals surface area contributed by atoms with E-state index in [1.165, 1.54) is 11.9 Å². The number of carbonyl (C=O) groups is 2. The van der Waals surface area contributed by atoms with Crippen molar-refractivity contribution in [1.82, 2.24) is 10.2 Å². The molecular formula is C18H23ClF3N3O2. The van der Waals surface area contributed by atoms with Gasteiger partial charge in [-0.2, -0.15) is 13.2 Å². The van der Waals surface area contributed by atoms with E-state index in [2.05, 4.69) is 10.6 Å². The van der Waals surface area contributed by atoms with Crippen molar-refractivity contribution in [2.45, 2.75) is 37.9 Å². The number of benzene rings is 1. The van der Waals surface area contributed by atoms with E-state index in [4.69, 9.17) is 11.6 Å². The summed E-state index contributed by atoms with van der Waals surface area (Å²) in [6.45, 7) is -0.466. The summed E-state index contributed by atoms with van der Waals surface area (Å²) in [4.78, 5) is 25.4. The number of nitrogens with one attached hydrogen (secondary N) is 2. The average Bonchev–Trinajstić information content (AvgIpc) is 2.61. The standard InChI is InChI=1S/C18H23ClF3N3O2/c1-25(11-16(26)24-15-9-5-3-7-13(15)19)17(27)10-23-14-8-4-2-6-12(14)18(20,21)22/h3,5,7,9,12,14,23H,2,4,6,8,10-11H2,1H3,(H,24,26)/t12-,14+/m0/s1. The first kappa shape index (κ1) is 21.5. The van der Waals surface area contributed by atoms with Gasteiger partial charge in [0.05, 0.1) is 29.7 Å². The van der Waals surface area contributed by atoms with Gasteiger partial charge in [0.2, 0.25) is 11.8 Å². The minimum absolute atomic E-state index is 0.0748. The number of carbonyl (C=O) groups excluding carboxylic acids is 2. The molecule has 2 rings (SSSR count). The van der Waals surface area contributed by atoms with E-state index >= 15 is 0 Å². The summed E-state index contributed by atoms with van der Waals surface area (Å²) in [5, 5.41) is 5.69. The number of halogens is 4. The van der Waals surface area contributed by atoms with Crippen molar-refractivity contribution in [1.29, 1.82) is 0 Å². The van der Waals surface area contributed by atoms with Crippen LogP contribution in [0.5, 0.6) is 0 Å². The molecule has 1 aromatic rings. The van der Waals surface area contributed by atoms with Crippen molar-refractivity contribution in [2.75, 3.05) is 25.5 Å². The molecule has 0 aromatic heterocycles. The van der Waals surface area contributed by atoms with Gasteiger partial charge in [0.15, 0.2) is 0 Å². The molecule has 1 aliphatic carbocycles. The molecule has 0 aliphatic heterocycles. The fraction of sp³-hybridized carbons (Fsp3) is 0.556. The summed E-state index contributed by atoms with van der Waals surface area (Å²) in [7, 11) is 1.43. The van der Waals surface area contributed by atoms with Crippen LogP contribution in [0.25, 0.3) is 0 Å². The van der Waals surface area contributed by atoms with Gasteiger partial charge in [0.1, 0.15) is 0 Å². The lowest BCUT2D eigenvalue weighted by Crippen LogP contribution is -2.49. The Morgan fingerprint density at radius 1 is 1.22 bits per heavy atom. The topological polar surface area (TPSA) is 61.4 Å². The highest BCUT2D eigenvalue weighted by Gasteiger charge is 2.45. The van der Waals surface area contributed by atoms with Crippen molar-refractivity contribution >= 4 is 29.1 Å². The summed E-state index contributed by atoms with van der Waals surface area (Å²) in [5.41, 5.74) is 0.429. The fourth-order valence-electron chi connectivity index (χ4n) is 3.18. The van der Waals surface area contributed by atoms with Crippen LogP contribution in [0.2, 0.25) is 5.02 Å². The third kappa shape index (κ3) is 6.39. The lowest BCUT2D eigenvalue weighted by molar-refractivity contribution is -0.189. The van der Waals surface area contributed by atoms with Crippen LogP contribution in [0.3, 0.4) is 0 Å². The van der Waals surface area contributed by atoms with E-state index in [9.17, 15) is 22.8 Å². The van der Waals surface area contributed by atoms with Crippen LogP contribution in [0.15, 0.2) is 24.3 Å². The largest absolute Gasteiger partial charge is 0.393 e. The molecule has 1 aliphatic rings. The van der Waals surface area contributed by atoms with Crippen LogP contribution in [-0.2, 0) is 9.59 Å². The molecule has 0 radical (unpaired) electrons. The molecule has 150 valence electrons. The second-order valence-electron chi connectivity index (χ2n) is 6.70. The molecule has 0 saturated heterocycles. The van der Waals surface area contributed by atoms with Gasteiger partial charge in [-0.05, 0) is 25.0 Å². The quantitative estimate of drug-likeness (QED) is 0.762. The third-order valence-corrected chi connectivity index (χ3v) is 4.99. The summed E-state index contributed by atoms with van der Waals surface area (Å²) in [5.74, 6) is -2.33. The number of para-hydroxylation sites is 1. The smallest absolute Gasteiger partial charge is 0.335 e. The maximum atomic E-state index is 13.1. The Bertz CT molecular complexity index is 669. The Balaban J connectivity index is 1.82. The summed E-state index contributed by atoms with van der Waals surface area (Å²) in [6, 6.07) is 5.91. The first-order chi connectivity index (χ1) is 12.7. The Morgan fingerprint density at radius 2 is 1.89 bits per heavy atom. The zero-order valence-corrected chi connectivity index (χ0v) is 15.7. The predicted molar refractivity (Wildman–Crippen MR) is 97.5 cm³/mol. The minimum atomic E-state index is -4.28. The van der Waals surface area contributed by atoms with Crippen LogP contribution >= 0.6 is 11.6 Å². The molecular weight excluding hydrogens is 383 g/mol. The molecule has 0 unspecified atom stereocenters. The van der Waals surface area contributed by atoms with Crippen molar-refractivity contribution in [3.63, 3.8) is 0 Å². The van der Waals surface area contributed by atoms with Gasteiger partial charge in [-0.1, -0.05) is 36.6 Å². The van der Waals surface area contributed by atoms with Crippen LogP contribution < -0.4 is 10.6 Å². The van der Waals surface area contributed by atoms with Crippen LogP contribution in [0.1, 0.15) is 25.7 Å². The van der Waals surface area contributed by atoms with Gasteiger partial charge in [-0.25, -0.2) is 0 Å². The second-order valence-corrected chi connectivity index (χ2v) is 7.10. The minimum Gasteiger partial charge on any atom is -0.335 e. The molecule has 0 spiro atoms. The van der Waals surface area contributed by atoms with E-state index < -0.39 is 30.0 Å². The summed E-state index contributed by atoms with van der Waals surface area (Å²) < 4.78 is 39.3. The molecule has 5 nitrogen and oxygen atoms in total. The number of alkyl halides is 3. The van der Waals surface area contributed by atoms with E-state index in [1.807, 2.05) is 0 Å². The van der Waals surface area contributed by atoms with E-state index in [-0.39, 0.29) is 19.5 Å². The van der Waals surface area contributed by atoms with Gasteiger partial charge < -0.3 is 15.5 Å². The lowest BCUT2D eigenvalue weighted by atomic mass is 9.84. The van der Waals surface area contributed by atoms with Crippen molar-refractivity contribution < 1.29 is 22.8 Å². The molecule has 27 heavy (non-hydrogen) atoms. The number of anilines is 1. The average molecular weight is 406 g/mol. The molecule has 1 aromatic carbocycles. The van der Waals surface area contributed by atoms with Crippen LogP contribution in [-0.4, -0.2) is 49.1 Å². The molecule has 1 fully saturated rings. The number of hydrogen-bond acceptors (Lipinski definition) is 3. The van der Waals surface area contributed by atoms with E-state index in [1.54, 1.807) is 24.3 Å². The maximum absolute atomic E-state index is 13.1. The molecule has 2 N–H and O–H groups in total. The predicted octanol–water partition coefficient (Wildman–Crippen LogP) is 3.45. The Kier molecular flexibility index (Phi) is 7.49. The van der Waals surface area contributed by atoms with Gasteiger partial charge in [0.25, 0.3) is 0 Å². The van der Waals surface area contributed by atoms with Crippen LogP contribution in [0.4, 0.5) is 18.9 Å². The number of nitrogens with zero attached hydrogens (tertiary/aromatic N) is 1. The fourth-order valence-corrected chi connectivity index (χ4v) is 3.36. The molecule has 2 amide bonds. The lowest BCUT2D eigenvalue weighted by Gasteiger charge is -2.33. The zero-order valence-electron chi connectivity index (χ0n) is 15.0. The molecule has 9 heteroatoms. The van der Waals surface area contributed by atoms with Crippen molar-refractivity contribution in [2.24, 2.45) is 5.92 Å².